The molecule has 8 aromatic rings. The van der Waals surface area contributed by atoms with Crippen molar-refractivity contribution in [2.75, 3.05) is 0 Å². The van der Waals surface area contributed by atoms with Gasteiger partial charge in [-0.25, -0.2) is 4.98 Å². The van der Waals surface area contributed by atoms with Gasteiger partial charge in [0.1, 0.15) is 0 Å². The lowest BCUT2D eigenvalue weighted by molar-refractivity contribution is -0.138. The molecule has 0 unspecified atom stereocenters. The van der Waals surface area contributed by atoms with Crippen molar-refractivity contribution in [2.24, 2.45) is 0 Å². The molecule has 0 bridgehead atoms. The molecule has 1 heterocycles. The van der Waals surface area contributed by atoms with Gasteiger partial charge in [0.2, 0.25) is 0 Å². The van der Waals surface area contributed by atoms with Crippen molar-refractivity contribution >= 4 is 11.1 Å². The van der Waals surface area contributed by atoms with E-state index in [4.69, 9.17) is 0 Å². The largest absolute Gasteiger partial charge is 0.416 e. The Morgan fingerprint density at radius 2 is 0.650 bits per heavy atom. The van der Waals surface area contributed by atoms with E-state index in [1.165, 1.54) is 24.3 Å². The summed E-state index contributed by atoms with van der Waals surface area (Å²) in [7, 11) is 0. The quantitative estimate of drug-likeness (QED) is 0.0889. The average Bonchev–Trinajstić information content (AvgIpc) is 3.28. The lowest BCUT2D eigenvalue weighted by atomic mass is 9.85. The van der Waals surface area contributed by atoms with E-state index in [2.05, 4.69) is 65.4 Å². The van der Waals surface area contributed by atoms with Crippen molar-refractivity contribution < 1.29 is 26.3 Å². The van der Waals surface area contributed by atoms with Crippen LogP contribution in [0.15, 0.2) is 200 Å². The number of halogens is 6. The molecule has 7 heteroatoms. The number of pyridine rings is 1. The number of alkyl halides is 6. The third kappa shape index (κ3) is 8.99. The van der Waals surface area contributed by atoms with Crippen molar-refractivity contribution in [1.82, 2.24) is 4.98 Å². The number of nitrogens with zero attached hydrogens (tertiary/aromatic N) is 1. The number of hydrogen-bond acceptors (Lipinski definition) is 1. The minimum absolute atomic E-state index is 0.369. The zero-order chi connectivity index (χ0) is 41.7. The maximum atomic E-state index is 13.3. The van der Waals surface area contributed by atoms with Crippen LogP contribution in [0.1, 0.15) is 44.5 Å². The van der Waals surface area contributed by atoms with Gasteiger partial charge in [-0.1, -0.05) is 151 Å². The molecule has 0 saturated carbocycles. The van der Waals surface area contributed by atoms with Gasteiger partial charge in [0.15, 0.2) is 0 Å². The molecule has 1 aromatic heterocycles. The SMILES string of the molecule is FC(F)(F)c1ccc(-c2cc(-c3ccc(C#Cc4ccc(C(=C(c5ccccc5)c5ccccc5)c5ccccc5)cc4)cc3)cc(-c3ccc(C(F)(F)F)cc3)n2)cc1. The molecule has 0 N–H and O–H groups in total. The summed E-state index contributed by atoms with van der Waals surface area (Å²) in [6.45, 7) is 0. The summed E-state index contributed by atoms with van der Waals surface area (Å²) in [6.07, 6.45) is -9.02. The first-order valence-corrected chi connectivity index (χ1v) is 19.0. The summed E-state index contributed by atoms with van der Waals surface area (Å²) >= 11 is 0. The maximum absolute atomic E-state index is 13.3. The second kappa shape index (κ2) is 16.8. The molecule has 1 nitrogen and oxygen atoms in total. The standard InChI is InChI=1S/C53H33F6N/c54-52(55,56)46-30-26-39(27-31-46)48-34-45(35-49(60-48)40-28-32-47(33-29-40)53(57,58)59)38-22-18-36(19-23-38)16-17-37-20-24-44(25-21-37)51(43-14-8-3-9-15-43)50(41-10-4-1-5-11-41)42-12-6-2-7-13-42/h1-15,18-35H. The fourth-order valence-electron chi connectivity index (χ4n) is 6.99. The van der Waals surface area contributed by atoms with Crippen LogP contribution in [0.5, 0.6) is 0 Å². The molecule has 0 spiro atoms. The molecule has 0 saturated heterocycles. The van der Waals surface area contributed by atoms with Gasteiger partial charge in [-0.2, -0.15) is 26.3 Å². The summed E-state index contributed by atoms with van der Waals surface area (Å²) < 4.78 is 79.9. The van der Waals surface area contributed by atoms with Crippen molar-refractivity contribution in [1.29, 1.82) is 0 Å². The molecule has 7 aromatic carbocycles. The molecule has 0 amide bonds. The van der Waals surface area contributed by atoms with E-state index in [9.17, 15) is 26.3 Å². The summed E-state index contributed by atoms with van der Waals surface area (Å²) in [5.41, 5.74) is 9.57. The second-order valence-electron chi connectivity index (χ2n) is 14.0. The fraction of sp³-hybridized carbons (Fsp3) is 0.0377. The van der Waals surface area contributed by atoms with Crippen LogP contribution in [0, 0.1) is 11.8 Å². The smallest absolute Gasteiger partial charge is 0.248 e. The zero-order valence-electron chi connectivity index (χ0n) is 31.8. The van der Waals surface area contributed by atoms with Crippen LogP contribution in [-0.2, 0) is 12.4 Å². The van der Waals surface area contributed by atoms with Crippen LogP contribution in [0.3, 0.4) is 0 Å². The first-order valence-electron chi connectivity index (χ1n) is 19.0. The first-order chi connectivity index (χ1) is 29.0. The molecule has 0 fully saturated rings. The van der Waals surface area contributed by atoms with E-state index in [1.54, 1.807) is 12.1 Å². The fourth-order valence-corrected chi connectivity index (χ4v) is 6.99. The Labute approximate surface area is 344 Å². The van der Waals surface area contributed by atoms with E-state index in [1.807, 2.05) is 91.0 Å². The zero-order valence-corrected chi connectivity index (χ0v) is 31.8. The van der Waals surface area contributed by atoms with Gasteiger partial charge in [-0.15, -0.1) is 0 Å². The van der Waals surface area contributed by atoms with Gasteiger partial charge in [0, 0.05) is 22.3 Å². The van der Waals surface area contributed by atoms with E-state index in [0.29, 0.717) is 28.1 Å². The Balaban J connectivity index is 1.11. The van der Waals surface area contributed by atoms with Gasteiger partial charge < -0.3 is 0 Å². The number of aromatic nitrogens is 1. The van der Waals surface area contributed by atoms with E-state index in [-0.39, 0.29) is 0 Å². The predicted octanol–water partition coefficient (Wildman–Crippen LogP) is 14.5. The van der Waals surface area contributed by atoms with Gasteiger partial charge in [0.05, 0.1) is 22.5 Å². The summed E-state index contributed by atoms with van der Waals surface area (Å²) in [5.74, 6) is 6.52. The molecule has 8 rings (SSSR count). The molecule has 292 valence electrons. The Bertz CT molecular complexity index is 2700. The van der Waals surface area contributed by atoms with E-state index in [0.717, 1.165) is 74.4 Å². The molecular formula is C53H33F6N. The monoisotopic (exact) mass is 797 g/mol. The molecule has 0 aliphatic heterocycles. The third-order valence-corrected chi connectivity index (χ3v) is 10.0. The molecule has 0 aliphatic carbocycles. The first kappa shape index (κ1) is 39.4. The number of benzene rings is 7. The Hall–Kier alpha value is -7.43. The lowest BCUT2D eigenvalue weighted by Crippen LogP contribution is -2.04. The highest BCUT2D eigenvalue weighted by molar-refractivity contribution is 6.04. The maximum Gasteiger partial charge on any atom is 0.416 e. The van der Waals surface area contributed by atoms with Crippen LogP contribution >= 0.6 is 0 Å². The predicted molar refractivity (Wildman–Crippen MR) is 227 cm³/mol. The van der Waals surface area contributed by atoms with Crippen molar-refractivity contribution in [3.63, 3.8) is 0 Å². The van der Waals surface area contributed by atoms with Crippen LogP contribution in [0.25, 0.3) is 44.8 Å². The van der Waals surface area contributed by atoms with Crippen LogP contribution in [0.4, 0.5) is 26.3 Å². The molecular weight excluding hydrogens is 765 g/mol. The van der Waals surface area contributed by atoms with Crippen molar-refractivity contribution in [3.05, 3.63) is 245 Å². The van der Waals surface area contributed by atoms with Gasteiger partial charge in [0.25, 0.3) is 0 Å². The van der Waals surface area contributed by atoms with Crippen molar-refractivity contribution in [2.45, 2.75) is 12.4 Å². The van der Waals surface area contributed by atoms with E-state index >= 15 is 0 Å². The molecule has 0 radical (unpaired) electrons. The Kier molecular flexibility index (Phi) is 11.0. The van der Waals surface area contributed by atoms with Crippen LogP contribution < -0.4 is 0 Å². The number of rotatable bonds is 7. The van der Waals surface area contributed by atoms with Gasteiger partial charge in [-0.3, -0.25) is 0 Å². The average molecular weight is 798 g/mol. The second-order valence-corrected chi connectivity index (χ2v) is 14.0. The van der Waals surface area contributed by atoms with Crippen molar-refractivity contribution in [3.8, 4) is 45.5 Å². The Morgan fingerprint density at radius 3 is 1.00 bits per heavy atom. The lowest BCUT2D eigenvalue weighted by Gasteiger charge is -2.18. The number of hydrogen-bond donors (Lipinski definition) is 0. The minimum Gasteiger partial charge on any atom is -0.248 e. The highest BCUT2D eigenvalue weighted by Gasteiger charge is 2.31. The van der Waals surface area contributed by atoms with Gasteiger partial charge in [-0.05, 0) is 105 Å². The molecule has 0 atom stereocenters. The highest BCUT2D eigenvalue weighted by Crippen LogP contribution is 2.38. The summed E-state index contributed by atoms with van der Waals surface area (Å²) in [4.78, 5) is 4.65. The summed E-state index contributed by atoms with van der Waals surface area (Å²) in [6, 6.07) is 59.5. The molecule has 0 aliphatic rings. The topological polar surface area (TPSA) is 12.9 Å². The highest BCUT2D eigenvalue weighted by atomic mass is 19.4. The third-order valence-electron chi connectivity index (χ3n) is 10.0. The Morgan fingerprint density at radius 1 is 0.333 bits per heavy atom. The normalized spacial score (nSPS) is 11.4. The minimum atomic E-state index is -4.51. The van der Waals surface area contributed by atoms with Gasteiger partial charge >= 0.3 is 12.4 Å². The van der Waals surface area contributed by atoms with E-state index < -0.39 is 23.5 Å². The van der Waals surface area contributed by atoms with Crippen LogP contribution in [0.2, 0.25) is 0 Å². The summed E-state index contributed by atoms with van der Waals surface area (Å²) in [5, 5.41) is 0. The van der Waals surface area contributed by atoms with Crippen LogP contribution in [-0.4, -0.2) is 4.98 Å². The molecule has 60 heavy (non-hydrogen) atoms.